The van der Waals surface area contributed by atoms with Crippen LogP contribution in [0.3, 0.4) is 0 Å². The van der Waals surface area contributed by atoms with Crippen molar-refractivity contribution in [1.82, 2.24) is 10.3 Å². The van der Waals surface area contributed by atoms with Gasteiger partial charge in [0.05, 0.1) is 17.2 Å². The molecule has 0 fully saturated rings. The van der Waals surface area contributed by atoms with Crippen LogP contribution in [0.15, 0.2) is 23.7 Å². The minimum absolute atomic E-state index is 0.186. The van der Waals surface area contributed by atoms with E-state index < -0.39 is 6.10 Å². The minimum Gasteiger partial charge on any atom is -0.391 e. The molecule has 4 nitrogen and oxygen atoms in total. The molecule has 0 aromatic carbocycles. The monoisotopic (exact) mass is 310 g/mol. The maximum atomic E-state index is 12.0. The highest BCUT2D eigenvalue weighted by molar-refractivity contribution is 7.21. The van der Waals surface area contributed by atoms with Gasteiger partial charge >= 0.3 is 0 Å². The van der Waals surface area contributed by atoms with Gasteiger partial charge in [-0.2, -0.15) is 0 Å². The molecule has 2 rings (SSSR count). The van der Waals surface area contributed by atoms with Crippen molar-refractivity contribution in [2.24, 2.45) is 5.41 Å². The Morgan fingerprint density at radius 1 is 1.50 bits per heavy atom. The van der Waals surface area contributed by atoms with Gasteiger partial charge in [0, 0.05) is 6.54 Å². The maximum absolute atomic E-state index is 12.0. The molecule has 20 heavy (non-hydrogen) atoms. The molecule has 0 aliphatic carbocycles. The second-order valence-electron chi connectivity index (χ2n) is 5.60. The van der Waals surface area contributed by atoms with Gasteiger partial charge in [0.1, 0.15) is 9.88 Å². The Hall–Kier alpha value is -1.24. The molecule has 2 aromatic rings. The van der Waals surface area contributed by atoms with Gasteiger partial charge < -0.3 is 10.4 Å². The van der Waals surface area contributed by atoms with E-state index in [1.165, 1.54) is 11.3 Å². The second-order valence-corrected chi connectivity index (χ2v) is 7.58. The van der Waals surface area contributed by atoms with Crippen LogP contribution < -0.4 is 5.32 Å². The average molecular weight is 310 g/mol. The van der Waals surface area contributed by atoms with Crippen LogP contribution in [0.4, 0.5) is 0 Å². The Balaban J connectivity index is 1.97. The SMILES string of the molecule is CC(C)(C)C(O)CNC(=O)c1cnc(-c2cccs2)s1. The Kier molecular flexibility index (Phi) is 4.57. The number of hydrogen-bond acceptors (Lipinski definition) is 5. The quantitative estimate of drug-likeness (QED) is 0.912. The summed E-state index contributed by atoms with van der Waals surface area (Å²) in [6, 6.07) is 3.94. The standard InChI is InChI=1S/C14H18N2O2S2/c1-14(2,3)11(17)8-15-12(18)10-7-16-13(20-10)9-5-4-6-19-9/h4-7,11,17H,8H2,1-3H3,(H,15,18). The Bertz CT molecular complexity index is 570. The summed E-state index contributed by atoms with van der Waals surface area (Å²) in [5.41, 5.74) is -0.247. The van der Waals surface area contributed by atoms with Gasteiger partial charge in [0.15, 0.2) is 0 Å². The lowest BCUT2D eigenvalue weighted by Gasteiger charge is -2.25. The van der Waals surface area contributed by atoms with Crippen molar-refractivity contribution in [3.63, 3.8) is 0 Å². The van der Waals surface area contributed by atoms with Crippen LogP contribution in [0, 0.1) is 5.41 Å². The number of aliphatic hydroxyl groups excluding tert-OH is 1. The first-order valence-corrected chi connectivity index (χ1v) is 8.03. The van der Waals surface area contributed by atoms with E-state index in [1.807, 2.05) is 38.3 Å². The molecular formula is C14H18N2O2S2. The van der Waals surface area contributed by atoms with Crippen molar-refractivity contribution in [3.8, 4) is 9.88 Å². The van der Waals surface area contributed by atoms with Gasteiger partial charge in [0.25, 0.3) is 5.91 Å². The fraction of sp³-hybridized carbons (Fsp3) is 0.429. The van der Waals surface area contributed by atoms with E-state index in [4.69, 9.17) is 0 Å². The lowest BCUT2D eigenvalue weighted by Crippen LogP contribution is -2.39. The highest BCUT2D eigenvalue weighted by atomic mass is 32.1. The van der Waals surface area contributed by atoms with E-state index in [-0.39, 0.29) is 17.9 Å². The van der Waals surface area contributed by atoms with E-state index in [0.29, 0.717) is 4.88 Å². The molecule has 1 unspecified atom stereocenters. The molecule has 108 valence electrons. The van der Waals surface area contributed by atoms with E-state index >= 15 is 0 Å². The maximum Gasteiger partial charge on any atom is 0.263 e. The molecule has 0 bridgehead atoms. The predicted octanol–water partition coefficient (Wildman–Crippen LogP) is 3.01. The van der Waals surface area contributed by atoms with Gasteiger partial charge in [-0.25, -0.2) is 4.98 Å². The van der Waals surface area contributed by atoms with Gasteiger partial charge in [0.2, 0.25) is 0 Å². The fourth-order valence-corrected chi connectivity index (χ4v) is 3.11. The van der Waals surface area contributed by atoms with E-state index in [2.05, 4.69) is 10.3 Å². The van der Waals surface area contributed by atoms with Crippen LogP contribution in [0.5, 0.6) is 0 Å². The zero-order valence-corrected chi connectivity index (χ0v) is 13.3. The van der Waals surface area contributed by atoms with Crippen LogP contribution in [0.2, 0.25) is 0 Å². The smallest absolute Gasteiger partial charge is 0.263 e. The zero-order chi connectivity index (χ0) is 14.8. The largest absolute Gasteiger partial charge is 0.391 e. The third-order valence-corrected chi connectivity index (χ3v) is 4.95. The van der Waals surface area contributed by atoms with Crippen LogP contribution in [0.1, 0.15) is 30.4 Å². The van der Waals surface area contributed by atoms with Crippen molar-refractivity contribution in [1.29, 1.82) is 0 Å². The van der Waals surface area contributed by atoms with Crippen LogP contribution in [0.25, 0.3) is 9.88 Å². The summed E-state index contributed by atoms with van der Waals surface area (Å²) in [5, 5.41) is 15.5. The average Bonchev–Trinajstić information content (AvgIpc) is 3.03. The van der Waals surface area contributed by atoms with Gasteiger partial charge in [-0.15, -0.1) is 22.7 Å². The van der Waals surface area contributed by atoms with Crippen molar-refractivity contribution < 1.29 is 9.90 Å². The number of hydrogen-bond donors (Lipinski definition) is 2. The molecule has 2 aromatic heterocycles. The third-order valence-electron chi connectivity index (χ3n) is 2.92. The van der Waals surface area contributed by atoms with Gasteiger partial charge in [-0.05, 0) is 16.9 Å². The molecule has 0 radical (unpaired) electrons. The number of rotatable bonds is 4. The van der Waals surface area contributed by atoms with Crippen molar-refractivity contribution in [2.45, 2.75) is 26.9 Å². The predicted molar refractivity (Wildman–Crippen MR) is 83.2 cm³/mol. The third kappa shape index (κ3) is 3.65. The number of aromatic nitrogens is 1. The molecule has 6 heteroatoms. The molecule has 0 aliphatic heterocycles. The number of nitrogens with zero attached hydrogens (tertiary/aromatic N) is 1. The van der Waals surface area contributed by atoms with Crippen LogP contribution in [-0.4, -0.2) is 28.6 Å². The summed E-state index contributed by atoms with van der Waals surface area (Å²) in [6.45, 7) is 6.05. The van der Waals surface area contributed by atoms with E-state index in [0.717, 1.165) is 9.88 Å². The summed E-state index contributed by atoms with van der Waals surface area (Å²) in [5.74, 6) is -0.186. The molecule has 2 heterocycles. The number of carbonyl (C=O) groups excluding carboxylic acids is 1. The number of aliphatic hydroxyl groups is 1. The van der Waals surface area contributed by atoms with Gasteiger partial charge in [-0.1, -0.05) is 26.8 Å². The molecule has 0 aliphatic rings. The molecule has 0 spiro atoms. The number of thiophene rings is 1. The van der Waals surface area contributed by atoms with Crippen molar-refractivity contribution in [2.75, 3.05) is 6.54 Å². The first-order chi connectivity index (χ1) is 9.38. The summed E-state index contributed by atoms with van der Waals surface area (Å²) in [4.78, 5) is 17.9. The highest BCUT2D eigenvalue weighted by Gasteiger charge is 2.23. The summed E-state index contributed by atoms with van der Waals surface area (Å²) in [6.07, 6.45) is 1.01. The number of carbonyl (C=O) groups is 1. The van der Waals surface area contributed by atoms with Crippen LogP contribution >= 0.6 is 22.7 Å². The molecule has 2 N–H and O–H groups in total. The summed E-state index contributed by atoms with van der Waals surface area (Å²) in [7, 11) is 0. The molecule has 1 atom stereocenters. The van der Waals surface area contributed by atoms with Crippen LogP contribution in [-0.2, 0) is 0 Å². The van der Waals surface area contributed by atoms with Crippen molar-refractivity contribution >= 4 is 28.6 Å². The number of thiazole rings is 1. The Labute approximate surface area is 126 Å². The van der Waals surface area contributed by atoms with Gasteiger partial charge in [-0.3, -0.25) is 4.79 Å². The Morgan fingerprint density at radius 3 is 2.85 bits per heavy atom. The lowest BCUT2D eigenvalue weighted by molar-refractivity contribution is 0.0588. The highest BCUT2D eigenvalue weighted by Crippen LogP contribution is 2.28. The normalized spacial score (nSPS) is 13.2. The Morgan fingerprint density at radius 2 is 2.25 bits per heavy atom. The second kappa shape index (κ2) is 6.03. The first-order valence-electron chi connectivity index (χ1n) is 6.34. The van der Waals surface area contributed by atoms with E-state index in [1.54, 1.807) is 17.5 Å². The topological polar surface area (TPSA) is 62.2 Å². The van der Waals surface area contributed by atoms with E-state index in [9.17, 15) is 9.90 Å². The summed E-state index contributed by atoms with van der Waals surface area (Å²) >= 11 is 2.96. The number of amides is 1. The molecular weight excluding hydrogens is 292 g/mol. The first kappa shape index (κ1) is 15.2. The van der Waals surface area contributed by atoms with Crippen molar-refractivity contribution in [3.05, 3.63) is 28.6 Å². The summed E-state index contributed by atoms with van der Waals surface area (Å²) < 4.78 is 0. The fourth-order valence-electron chi connectivity index (χ4n) is 1.48. The molecule has 0 saturated heterocycles. The number of nitrogens with one attached hydrogen (secondary N) is 1. The molecule has 1 amide bonds. The zero-order valence-electron chi connectivity index (χ0n) is 11.7. The lowest BCUT2D eigenvalue weighted by atomic mass is 9.89. The molecule has 0 saturated carbocycles. The minimum atomic E-state index is -0.573.